The number of β-amino-alcohol motifs (C(OH)–C–C–N with tert-alkyl or cyclic N) is 1. The quantitative estimate of drug-likeness (QED) is 0.787. The van der Waals surface area contributed by atoms with E-state index in [1.54, 1.807) is 0 Å². The minimum absolute atomic E-state index is 0. The average molecular weight is 299 g/mol. The Morgan fingerprint density at radius 2 is 2.20 bits per heavy atom. The lowest BCUT2D eigenvalue weighted by Gasteiger charge is -2.28. The van der Waals surface area contributed by atoms with Crippen LogP contribution in [-0.4, -0.2) is 36.8 Å². The minimum Gasteiger partial charge on any atom is -0.391 e. The van der Waals surface area contributed by atoms with Gasteiger partial charge in [0.05, 0.1) is 6.10 Å². The standard InChI is InChI=1S/C15H22N2O2.ClH/c1-2-11-5-3-4-6-13(11)15(19)17-9-12-7-8-16-10-14(12)18;/h3-6,12,14,16,18H,2,7-10H2,1H3,(H,17,19);1H/t12-,14+;/m0./s1. The Labute approximate surface area is 126 Å². The second-order valence-corrected chi connectivity index (χ2v) is 5.04. The zero-order chi connectivity index (χ0) is 13.7. The second kappa shape index (κ2) is 8.25. The van der Waals surface area contributed by atoms with Gasteiger partial charge in [-0.15, -0.1) is 12.4 Å². The lowest BCUT2D eigenvalue weighted by atomic mass is 9.95. The Kier molecular flexibility index (Phi) is 6.99. The number of carbonyl (C=O) groups excluding carboxylic acids is 1. The Morgan fingerprint density at radius 1 is 1.45 bits per heavy atom. The highest BCUT2D eigenvalue weighted by atomic mass is 35.5. The molecule has 0 bridgehead atoms. The van der Waals surface area contributed by atoms with Crippen LogP contribution in [0.4, 0.5) is 0 Å². The van der Waals surface area contributed by atoms with Gasteiger partial charge in [0.2, 0.25) is 0 Å². The number of hydrogen-bond acceptors (Lipinski definition) is 3. The van der Waals surface area contributed by atoms with Gasteiger partial charge in [0.1, 0.15) is 0 Å². The summed E-state index contributed by atoms with van der Waals surface area (Å²) in [5, 5.41) is 15.9. The maximum atomic E-state index is 12.2. The van der Waals surface area contributed by atoms with Crippen LogP contribution in [0.5, 0.6) is 0 Å². The van der Waals surface area contributed by atoms with Crippen molar-refractivity contribution in [3.05, 3.63) is 35.4 Å². The number of hydrogen-bond donors (Lipinski definition) is 3. The molecule has 0 spiro atoms. The van der Waals surface area contributed by atoms with E-state index in [2.05, 4.69) is 10.6 Å². The Bertz CT molecular complexity index is 440. The number of amides is 1. The molecular formula is C15H23ClN2O2. The van der Waals surface area contributed by atoms with Gasteiger partial charge in [0.25, 0.3) is 5.91 Å². The molecule has 0 aromatic heterocycles. The van der Waals surface area contributed by atoms with Gasteiger partial charge in [0, 0.05) is 24.6 Å². The van der Waals surface area contributed by atoms with Crippen LogP contribution in [0.25, 0.3) is 0 Å². The molecule has 1 fully saturated rings. The van der Waals surface area contributed by atoms with Crippen molar-refractivity contribution in [1.29, 1.82) is 0 Å². The van der Waals surface area contributed by atoms with E-state index in [1.165, 1.54) is 0 Å². The van der Waals surface area contributed by atoms with Gasteiger partial charge in [-0.3, -0.25) is 4.79 Å². The highest BCUT2D eigenvalue weighted by Crippen LogP contribution is 2.13. The molecule has 1 saturated heterocycles. The van der Waals surface area contributed by atoms with Crippen LogP contribution in [0.1, 0.15) is 29.3 Å². The Balaban J connectivity index is 0.00000200. The normalized spacial score (nSPS) is 21.9. The summed E-state index contributed by atoms with van der Waals surface area (Å²) in [7, 11) is 0. The fourth-order valence-electron chi connectivity index (χ4n) is 2.50. The van der Waals surface area contributed by atoms with Gasteiger partial charge in [-0.05, 0) is 31.0 Å². The molecule has 20 heavy (non-hydrogen) atoms. The summed E-state index contributed by atoms with van der Waals surface area (Å²) in [5.74, 6) is 0.113. The van der Waals surface area contributed by atoms with Crippen molar-refractivity contribution >= 4 is 18.3 Å². The molecule has 1 aromatic rings. The number of aliphatic hydroxyl groups is 1. The van der Waals surface area contributed by atoms with E-state index in [0.29, 0.717) is 13.1 Å². The molecular weight excluding hydrogens is 276 g/mol. The third kappa shape index (κ3) is 4.20. The van der Waals surface area contributed by atoms with Crippen LogP contribution < -0.4 is 10.6 Å². The molecule has 3 N–H and O–H groups in total. The summed E-state index contributed by atoms with van der Waals surface area (Å²) in [4.78, 5) is 12.2. The lowest BCUT2D eigenvalue weighted by Crippen LogP contribution is -2.45. The molecule has 2 atom stereocenters. The number of rotatable bonds is 4. The molecule has 2 rings (SSSR count). The lowest BCUT2D eigenvalue weighted by molar-refractivity contribution is 0.0753. The van der Waals surface area contributed by atoms with Crippen LogP contribution in [-0.2, 0) is 6.42 Å². The number of nitrogens with one attached hydrogen (secondary N) is 2. The van der Waals surface area contributed by atoms with E-state index >= 15 is 0 Å². The summed E-state index contributed by atoms with van der Waals surface area (Å²) in [6.45, 7) is 4.11. The zero-order valence-electron chi connectivity index (χ0n) is 11.8. The summed E-state index contributed by atoms with van der Waals surface area (Å²) in [5.41, 5.74) is 1.80. The monoisotopic (exact) mass is 298 g/mol. The predicted octanol–water partition coefficient (Wildman–Crippen LogP) is 1.37. The first-order valence-corrected chi connectivity index (χ1v) is 6.97. The molecule has 0 aliphatic carbocycles. The van der Waals surface area contributed by atoms with Gasteiger partial charge >= 0.3 is 0 Å². The average Bonchev–Trinajstić information content (AvgIpc) is 2.46. The van der Waals surface area contributed by atoms with E-state index in [-0.39, 0.29) is 30.3 Å². The van der Waals surface area contributed by atoms with Gasteiger partial charge in [0.15, 0.2) is 0 Å². The van der Waals surface area contributed by atoms with Gasteiger partial charge in [-0.1, -0.05) is 25.1 Å². The first-order chi connectivity index (χ1) is 9.22. The summed E-state index contributed by atoms with van der Waals surface area (Å²) in [6.07, 6.45) is 1.38. The first kappa shape index (κ1) is 17.0. The molecule has 1 amide bonds. The smallest absolute Gasteiger partial charge is 0.251 e. The highest BCUT2D eigenvalue weighted by Gasteiger charge is 2.23. The van der Waals surface area contributed by atoms with Crippen molar-refractivity contribution < 1.29 is 9.90 Å². The van der Waals surface area contributed by atoms with E-state index < -0.39 is 0 Å². The number of aliphatic hydroxyl groups excluding tert-OH is 1. The van der Waals surface area contributed by atoms with Crippen LogP contribution in [0.15, 0.2) is 24.3 Å². The fraction of sp³-hybridized carbons (Fsp3) is 0.533. The van der Waals surface area contributed by atoms with E-state index in [1.807, 2.05) is 31.2 Å². The molecule has 0 radical (unpaired) electrons. The molecule has 1 aromatic carbocycles. The van der Waals surface area contributed by atoms with Gasteiger partial charge < -0.3 is 15.7 Å². The molecule has 4 nitrogen and oxygen atoms in total. The van der Waals surface area contributed by atoms with Crippen molar-refractivity contribution in [2.45, 2.75) is 25.9 Å². The number of piperidine rings is 1. The highest BCUT2D eigenvalue weighted by molar-refractivity contribution is 5.95. The van der Waals surface area contributed by atoms with Crippen molar-refractivity contribution in [1.82, 2.24) is 10.6 Å². The summed E-state index contributed by atoms with van der Waals surface area (Å²) < 4.78 is 0. The molecule has 112 valence electrons. The first-order valence-electron chi connectivity index (χ1n) is 6.97. The Morgan fingerprint density at radius 3 is 2.90 bits per heavy atom. The van der Waals surface area contributed by atoms with E-state index in [0.717, 1.165) is 30.5 Å². The molecule has 0 unspecified atom stereocenters. The van der Waals surface area contributed by atoms with Crippen molar-refractivity contribution in [2.75, 3.05) is 19.6 Å². The van der Waals surface area contributed by atoms with Crippen LogP contribution in [0.2, 0.25) is 0 Å². The zero-order valence-corrected chi connectivity index (χ0v) is 12.6. The maximum absolute atomic E-state index is 12.2. The minimum atomic E-state index is -0.365. The third-order valence-corrected chi connectivity index (χ3v) is 3.76. The molecule has 5 heteroatoms. The number of halogens is 1. The van der Waals surface area contributed by atoms with Crippen molar-refractivity contribution in [2.24, 2.45) is 5.92 Å². The largest absolute Gasteiger partial charge is 0.391 e. The van der Waals surface area contributed by atoms with E-state index in [4.69, 9.17) is 0 Å². The van der Waals surface area contributed by atoms with E-state index in [9.17, 15) is 9.90 Å². The number of aryl methyl sites for hydroxylation is 1. The van der Waals surface area contributed by atoms with Crippen molar-refractivity contribution in [3.63, 3.8) is 0 Å². The second-order valence-electron chi connectivity index (χ2n) is 5.04. The van der Waals surface area contributed by atoms with Crippen molar-refractivity contribution in [3.8, 4) is 0 Å². The molecule has 1 aliphatic rings. The van der Waals surface area contributed by atoms with Gasteiger partial charge in [-0.2, -0.15) is 0 Å². The Hall–Kier alpha value is -1.10. The molecule has 1 heterocycles. The number of carbonyl (C=O) groups is 1. The van der Waals surface area contributed by atoms with Crippen LogP contribution >= 0.6 is 12.4 Å². The SMILES string of the molecule is CCc1ccccc1C(=O)NC[C@@H]1CCNC[C@H]1O.Cl. The third-order valence-electron chi connectivity index (χ3n) is 3.76. The molecule has 1 aliphatic heterocycles. The maximum Gasteiger partial charge on any atom is 0.251 e. The number of benzene rings is 1. The summed E-state index contributed by atoms with van der Waals surface area (Å²) in [6, 6.07) is 7.67. The molecule has 0 saturated carbocycles. The fourth-order valence-corrected chi connectivity index (χ4v) is 2.50. The predicted molar refractivity (Wildman–Crippen MR) is 82.4 cm³/mol. The topological polar surface area (TPSA) is 61.4 Å². The van der Waals surface area contributed by atoms with Gasteiger partial charge in [-0.25, -0.2) is 0 Å². The van der Waals surface area contributed by atoms with Crippen LogP contribution in [0, 0.1) is 5.92 Å². The van der Waals surface area contributed by atoms with Crippen LogP contribution in [0.3, 0.4) is 0 Å². The summed E-state index contributed by atoms with van der Waals surface area (Å²) >= 11 is 0.